The topological polar surface area (TPSA) is 70.2 Å². The highest BCUT2D eigenvalue weighted by Crippen LogP contribution is 2.41. The van der Waals surface area contributed by atoms with Crippen molar-refractivity contribution in [2.24, 2.45) is 0 Å². The summed E-state index contributed by atoms with van der Waals surface area (Å²) in [7, 11) is 1.34. The third kappa shape index (κ3) is 2.90. The minimum atomic E-state index is -0.462. The van der Waals surface area contributed by atoms with E-state index < -0.39 is 5.97 Å². The quantitative estimate of drug-likeness (QED) is 0.600. The number of carbonyl (C=O) groups excluding carboxylic acids is 1. The molecule has 1 atom stereocenters. The Morgan fingerprint density at radius 1 is 1.50 bits per heavy atom. The maximum atomic E-state index is 11.4. The molecular formula is C15H19N3O3S. The first-order valence-electron chi connectivity index (χ1n) is 7.41. The second-order valence-electron chi connectivity index (χ2n) is 5.31. The summed E-state index contributed by atoms with van der Waals surface area (Å²) >= 11 is 1.59. The number of nitrogens with zero attached hydrogens (tertiary/aromatic N) is 3. The van der Waals surface area contributed by atoms with Crippen molar-refractivity contribution in [1.82, 2.24) is 14.8 Å². The molecule has 0 aromatic carbocycles. The van der Waals surface area contributed by atoms with E-state index in [0.717, 1.165) is 23.3 Å². The van der Waals surface area contributed by atoms with Crippen LogP contribution >= 0.6 is 11.8 Å². The molecule has 3 rings (SSSR count). The number of carbonyl (C=O) groups is 1. The van der Waals surface area contributed by atoms with Crippen LogP contribution in [0.15, 0.2) is 21.7 Å². The molecule has 0 aliphatic heterocycles. The molecule has 0 spiro atoms. The third-order valence-corrected chi connectivity index (χ3v) is 4.80. The molecule has 0 saturated heterocycles. The van der Waals surface area contributed by atoms with Crippen molar-refractivity contribution in [1.29, 1.82) is 0 Å². The van der Waals surface area contributed by atoms with E-state index in [9.17, 15) is 4.79 Å². The fourth-order valence-corrected chi connectivity index (χ4v) is 3.32. The Hall–Kier alpha value is -1.76. The SMILES string of the molecule is CCn1c(SC(C)c2ccc(C(=O)OC)o2)nnc1C1CC1. The first-order valence-corrected chi connectivity index (χ1v) is 8.29. The van der Waals surface area contributed by atoms with Crippen LogP contribution in [0.25, 0.3) is 0 Å². The van der Waals surface area contributed by atoms with Gasteiger partial charge in [0.15, 0.2) is 5.16 Å². The third-order valence-electron chi connectivity index (χ3n) is 3.70. The summed E-state index contributed by atoms with van der Waals surface area (Å²) in [6.07, 6.45) is 2.41. The number of rotatable bonds is 6. The average Bonchev–Trinajstić information content (AvgIpc) is 3.11. The van der Waals surface area contributed by atoms with E-state index >= 15 is 0 Å². The number of thioether (sulfide) groups is 1. The molecule has 0 amide bonds. The van der Waals surface area contributed by atoms with E-state index in [4.69, 9.17) is 4.42 Å². The van der Waals surface area contributed by atoms with E-state index in [1.54, 1.807) is 23.9 Å². The van der Waals surface area contributed by atoms with Crippen molar-refractivity contribution in [2.45, 2.75) is 49.6 Å². The van der Waals surface area contributed by atoms with Gasteiger partial charge in [0.1, 0.15) is 11.6 Å². The van der Waals surface area contributed by atoms with Crippen molar-refractivity contribution in [3.05, 3.63) is 29.5 Å². The maximum absolute atomic E-state index is 11.4. The summed E-state index contributed by atoms with van der Waals surface area (Å²) in [5.74, 6) is 2.15. The Balaban J connectivity index is 1.75. The Morgan fingerprint density at radius 3 is 2.91 bits per heavy atom. The molecule has 0 bridgehead atoms. The molecule has 22 heavy (non-hydrogen) atoms. The molecule has 2 heterocycles. The fraction of sp³-hybridized carbons (Fsp3) is 0.533. The van der Waals surface area contributed by atoms with Crippen LogP contribution in [0.5, 0.6) is 0 Å². The van der Waals surface area contributed by atoms with Gasteiger partial charge in [-0.05, 0) is 38.8 Å². The number of aromatic nitrogens is 3. The van der Waals surface area contributed by atoms with Gasteiger partial charge in [-0.25, -0.2) is 4.79 Å². The first-order chi connectivity index (χ1) is 10.6. The fourth-order valence-electron chi connectivity index (χ4n) is 2.33. The van der Waals surface area contributed by atoms with Crippen molar-refractivity contribution < 1.29 is 13.9 Å². The van der Waals surface area contributed by atoms with E-state index in [2.05, 4.69) is 26.4 Å². The van der Waals surface area contributed by atoms with Crippen LogP contribution in [0.2, 0.25) is 0 Å². The second kappa shape index (κ2) is 6.16. The van der Waals surface area contributed by atoms with Gasteiger partial charge in [0.25, 0.3) is 0 Å². The van der Waals surface area contributed by atoms with E-state index in [0.29, 0.717) is 5.92 Å². The van der Waals surface area contributed by atoms with Crippen LogP contribution < -0.4 is 0 Å². The number of hydrogen-bond donors (Lipinski definition) is 0. The molecule has 1 aliphatic rings. The average molecular weight is 321 g/mol. The van der Waals surface area contributed by atoms with Gasteiger partial charge in [-0.3, -0.25) is 0 Å². The molecule has 2 aromatic rings. The monoisotopic (exact) mass is 321 g/mol. The molecule has 1 aliphatic carbocycles. The number of esters is 1. The van der Waals surface area contributed by atoms with Crippen LogP contribution in [0.1, 0.15) is 60.0 Å². The Kier molecular flexibility index (Phi) is 4.24. The van der Waals surface area contributed by atoms with Gasteiger partial charge in [-0.1, -0.05) is 11.8 Å². The van der Waals surface area contributed by atoms with Crippen molar-refractivity contribution in [2.75, 3.05) is 7.11 Å². The summed E-state index contributed by atoms with van der Waals surface area (Å²) in [5.41, 5.74) is 0. The van der Waals surface area contributed by atoms with Gasteiger partial charge in [0, 0.05) is 12.5 Å². The molecule has 0 N–H and O–H groups in total. The minimum Gasteiger partial charge on any atom is -0.463 e. The second-order valence-corrected chi connectivity index (χ2v) is 6.62. The number of methoxy groups -OCH3 is 1. The standard InChI is InChI=1S/C15H19N3O3S/c1-4-18-13(10-5-6-10)16-17-15(18)22-9(2)11-7-8-12(21-11)14(19)20-3/h7-10H,4-6H2,1-3H3. The molecule has 2 aromatic heterocycles. The Labute approximate surface area is 133 Å². The maximum Gasteiger partial charge on any atom is 0.373 e. The first kappa shape index (κ1) is 15.1. The number of ether oxygens (including phenoxy) is 1. The molecule has 118 valence electrons. The van der Waals surface area contributed by atoms with E-state index in [-0.39, 0.29) is 11.0 Å². The zero-order chi connectivity index (χ0) is 15.7. The van der Waals surface area contributed by atoms with Gasteiger partial charge in [0.2, 0.25) is 5.76 Å². The molecule has 1 unspecified atom stereocenters. The molecule has 1 saturated carbocycles. The van der Waals surface area contributed by atoms with Gasteiger partial charge in [-0.2, -0.15) is 0 Å². The number of hydrogen-bond acceptors (Lipinski definition) is 6. The summed E-state index contributed by atoms with van der Waals surface area (Å²) in [6, 6.07) is 3.44. The smallest absolute Gasteiger partial charge is 0.373 e. The lowest BCUT2D eigenvalue weighted by Crippen LogP contribution is -2.02. The summed E-state index contributed by atoms with van der Waals surface area (Å²) in [6.45, 7) is 4.99. The Morgan fingerprint density at radius 2 is 2.27 bits per heavy atom. The summed E-state index contributed by atoms with van der Waals surface area (Å²) in [4.78, 5) is 11.4. The van der Waals surface area contributed by atoms with Crippen LogP contribution in [0.4, 0.5) is 0 Å². The highest BCUT2D eigenvalue weighted by Gasteiger charge is 2.30. The summed E-state index contributed by atoms with van der Waals surface area (Å²) in [5, 5.41) is 9.58. The van der Waals surface area contributed by atoms with Crippen LogP contribution in [-0.2, 0) is 11.3 Å². The Bertz CT molecular complexity index is 675. The van der Waals surface area contributed by atoms with Crippen molar-refractivity contribution >= 4 is 17.7 Å². The zero-order valence-corrected chi connectivity index (χ0v) is 13.7. The van der Waals surface area contributed by atoms with Crippen LogP contribution in [0, 0.1) is 0 Å². The lowest BCUT2D eigenvalue weighted by atomic mass is 10.3. The normalized spacial score (nSPS) is 15.8. The molecule has 7 heteroatoms. The molecule has 6 nitrogen and oxygen atoms in total. The minimum absolute atomic E-state index is 0.0416. The molecule has 0 radical (unpaired) electrons. The highest BCUT2D eigenvalue weighted by atomic mass is 32.2. The van der Waals surface area contributed by atoms with E-state index in [1.807, 2.05) is 6.92 Å². The van der Waals surface area contributed by atoms with Crippen LogP contribution in [0.3, 0.4) is 0 Å². The highest BCUT2D eigenvalue weighted by molar-refractivity contribution is 7.99. The summed E-state index contributed by atoms with van der Waals surface area (Å²) < 4.78 is 12.4. The predicted octanol–water partition coefficient (Wildman–Crippen LogP) is 3.41. The van der Waals surface area contributed by atoms with Gasteiger partial charge in [0.05, 0.1) is 12.4 Å². The van der Waals surface area contributed by atoms with Gasteiger partial charge >= 0.3 is 5.97 Å². The molecular weight excluding hydrogens is 302 g/mol. The number of furan rings is 1. The lowest BCUT2D eigenvalue weighted by molar-refractivity contribution is 0.0563. The molecule has 1 fully saturated rings. The zero-order valence-electron chi connectivity index (χ0n) is 12.9. The van der Waals surface area contributed by atoms with Gasteiger partial charge < -0.3 is 13.7 Å². The lowest BCUT2D eigenvalue weighted by Gasteiger charge is -2.10. The van der Waals surface area contributed by atoms with Crippen molar-refractivity contribution in [3.8, 4) is 0 Å². The largest absolute Gasteiger partial charge is 0.463 e. The predicted molar refractivity (Wildman–Crippen MR) is 82.0 cm³/mol. The van der Waals surface area contributed by atoms with Crippen molar-refractivity contribution in [3.63, 3.8) is 0 Å². The van der Waals surface area contributed by atoms with Gasteiger partial charge in [-0.15, -0.1) is 10.2 Å². The van der Waals surface area contributed by atoms with E-state index in [1.165, 1.54) is 20.0 Å². The van der Waals surface area contributed by atoms with Crippen LogP contribution in [-0.4, -0.2) is 27.8 Å².